The molecule has 0 spiro atoms. The van der Waals surface area contributed by atoms with E-state index in [1.807, 2.05) is 24.3 Å². The lowest BCUT2D eigenvalue weighted by Gasteiger charge is -2.32. The van der Waals surface area contributed by atoms with Crippen molar-refractivity contribution in [3.05, 3.63) is 132 Å². The average molecular weight is 629 g/mol. The van der Waals surface area contributed by atoms with Crippen molar-refractivity contribution >= 4 is 11.9 Å². The van der Waals surface area contributed by atoms with Gasteiger partial charge in [0.25, 0.3) is 0 Å². The molecule has 0 aromatic heterocycles. The van der Waals surface area contributed by atoms with Crippen LogP contribution < -0.4 is 0 Å². The van der Waals surface area contributed by atoms with Crippen LogP contribution in [0.1, 0.15) is 112 Å². The topological polar surface area (TPSA) is 74.6 Å². The van der Waals surface area contributed by atoms with Gasteiger partial charge in [-0.25, -0.2) is 4.79 Å². The highest BCUT2D eigenvalue weighted by Gasteiger charge is 2.26. The summed E-state index contributed by atoms with van der Waals surface area (Å²) in [6.07, 6.45) is 47.5. The minimum absolute atomic E-state index is 0.210. The average Bonchev–Trinajstić information content (AvgIpc) is 2.97. The Bertz CT molecular complexity index is 1220. The van der Waals surface area contributed by atoms with Gasteiger partial charge in [0.15, 0.2) is 0 Å². The summed E-state index contributed by atoms with van der Waals surface area (Å²) in [7, 11) is 0. The third-order valence-corrected chi connectivity index (χ3v) is 7.25. The first-order valence-corrected chi connectivity index (χ1v) is 16.8. The van der Waals surface area contributed by atoms with Gasteiger partial charge in [-0.1, -0.05) is 135 Å². The van der Waals surface area contributed by atoms with E-state index in [-0.39, 0.29) is 11.8 Å². The molecule has 0 amide bonds. The van der Waals surface area contributed by atoms with Crippen LogP contribution in [0.3, 0.4) is 0 Å². The van der Waals surface area contributed by atoms with Crippen molar-refractivity contribution in [1.29, 1.82) is 0 Å². The molecule has 1 rings (SSSR count). The van der Waals surface area contributed by atoms with Crippen molar-refractivity contribution in [2.75, 3.05) is 0 Å². The van der Waals surface area contributed by atoms with E-state index in [9.17, 15) is 9.59 Å². The molecule has 1 aliphatic carbocycles. The fourth-order valence-electron chi connectivity index (χ4n) is 4.72. The Hall–Kier alpha value is -3.92. The second kappa shape index (κ2) is 27.4. The molecule has 0 saturated heterocycles. The second-order valence-electron chi connectivity index (χ2n) is 12.1. The van der Waals surface area contributed by atoms with E-state index in [4.69, 9.17) is 10.2 Å². The number of carboxylic acid groups (broad SMARTS) is 2. The maximum Gasteiger partial charge on any atom is 0.328 e. The van der Waals surface area contributed by atoms with E-state index < -0.39 is 11.9 Å². The van der Waals surface area contributed by atoms with Crippen LogP contribution in [0.2, 0.25) is 0 Å². The van der Waals surface area contributed by atoms with E-state index in [1.54, 1.807) is 13.0 Å². The number of hydrogen-bond acceptors (Lipinski definition) is 2. The van der Waals surface area contributed by atoms with Crippen LogP contribution in [0.15, 0.2) is 132 Å². The molecule has 2 N–H and O–H groups in total. The van der Waals surface area contributed by atoms with Crippen LogP contribution >= 0.6 is 0 Å². The summed E-state index contributed by atoms with van der Waals surface area (Å²) in [4.78, 5) is 20.8. The van der Waals surface area contributed by atoms with Crippen LogP contribution in [-0.2, 0) is 9.59 Å². The van der Waals surface area contributed by atoms with Crippen LogP contribution in [0.25, 0.3) is 0 Å². The highest BCUT2D eigenvalue weighted by molar-refractivity contribution is 5.81. The summed E-state index contributed by atoms with van der Waals surface area (Å²) in [6.45, 7) is 12.8. The smallest absolute Gasteiger partial charge is 0.328 e. The summed E-state index contributed by atoms with van der Waals surface area (Å²) in [5.41, 5.74) is 5.09. The van der Waals surface area contributed by atoms with E-state index in [2.05, 4.69) is 108 Å². The molecular weight excluding hydrogens is 568 g/mol. The standard InChI is InChI=1S/C22H32O2.C20H28O2/c1-2-3-4-5-6-7-8-9-10-11-12-13-14-15-16-17-18-19-20-21-22(23)24;1-15(8-6-9-16(2)14-19(21)22)11-12-18-17(3)10-7-13-20(18,4)5/h3-4,6-7,9-10,12-13,15-16,18-19H,2,5,8,11,14,17,20-21H2,1H3,(H,23,24);6,8-9,11-12,14H,7,10,13H2,1-5H3,(H,21,22)/b4-3-,7-6-,10-9-,13-12-,16-15-,19-18-;9-6+,12-11+,15-8+,16-14-. The minimum atomic E-state index is -0.912. The van der Waals surface area contributed by atoms with E-state index in [1.165, 1.54) is 36.5 Å². The summed E-state index contributed by atoms with van der Waals surface area (Å²) < 4.78 is 0. The highest BCUT2D eigenvalue weighted by Crippen LogP contribution is 2.40. The number of rotatable bonds is 19. The zero-order valence-corrected chi connectivity index (χ0v) is 29.4. The van der Waals surface area contributed by atoms with Crippen molar-refractivity contribution < 1.29 is 19.8 Å². The maximum absolute atomic E-state index is 10.5. The first-order valence-electron chi connectivity index (χ1n) is 16.8. The molecule has 0 bridgehead atoms. The Labute approximate surface area is 280 Å². The Morgan fingerprint density at radius 3 is 1.70 bits per heavy atom. The van der Waals surface area contributed by atoms with Crippen LogP contribution in [-0.4, -0.2) is 22.2 Å². The number of allylic oxidation sites excluding steroid dienone is 21. The fourth-order valence-corrected chi connectivity index (χ4v) is 4.72. The molecule has 0 saturated carbocycles. The largest absolute Gasteiger partial charge is 0.481 e. The number of hydrogen-bond donors (Lipinski definition) is 2. The molecule has 1 aliphatic rings. The van der Waals surface area contributed by atoms with E-state index >= 15 is 0 Å². The zero-order chi connectivity index (χ0) is 34.5. The van der Waals surface area contributed by atoms with Gasteiger partial charge in [-0.05, 0) is 102 Å². The molecule has 0 fully saturated rings. The van der Waals surface area contributed by atoms with Crippen LogP contribution in [0, 0.1) is 5.41 Å². The summed E-state index contributed by atoms with van der Waals surface area (Å²) in [6, 6.07) is 0. The van der Waals surface area contributed by atoms with Gasteiger partial charge in [-0.2, -0.15) is 0 Å². The number of carboxylic acids is 2. The van der Waals surface area contributed by atoms with Gasteiger partial charge in [0.1, 0.15) is 0 Å². The summed E-state index contributed by atoms with van der Waals surface area (Å²) in [5.74, 6) is -1.65. The van der Waals surface area contributed by atoms with Crippen molar-refractivity contribution in [2.24, 2.45) is 5.41 Å². The maximum atomic E-state index is 10.5. The predicted molar refractivity (Wildman–Crippen MR) is 199 cm³/mol. The van der Waals surface area contributed by atoms with Gasteiger partial charge in [-0.15, -0.1) is 0 Å². The van der Waals surface area contributed by atoms with Crippen molar-refractivity contribution in [2.45, 2.75) is 112 Å². The fraction of sp³-hybridized carbons (Fsp3) is 0.429. The minimum Gasteiger partial charge on any atom is -0.481 e. The van der Waals surface area contributed by atoms with Crippen molar-refractivity contribution in [3.63, 3.8) is 0 Å². The molecular formula is C42H60O4. The van der Waals surface area contributed by atoms with Crippen LogP contribution in [0.4, 0.5) is 0 Å². The Morgan fingerprint density at radius 2 is 1.24 bits per heavy atom. The first-order chi connectivity index (χ1) is 22.0. The SMILES string of the molecule is CC/C=C\C/C=C\C/C=C\C/C=C\C/C=C\C/C=C\CCC(=O)O.CC1=C(/C=C/C(C)=C/C=C/C(C)=C\C(=O)O)C(C)(C)CCC1. The normalized spacial score (nSPS) is 16.5. The van der Waals surface area contributed by atoms with Gasteiger partial charge in [0.2, 0.25) is 0 Å². The van der Waals surface area contributed by atoms with Gasteiger partial charge < -0.3 is 10.2 Å². The third kappa shape index (κ3) is 25.4. The molecule has 0 unspecified atom stereocenters. The molecule has 0 aliphatic heterocycles. The first kappa shape index (κ1) is 42.1. The molecule has 252 valence electrons. The predicted octanol–water partition coefficient (Wildman–Crippen LogP) is 12.2. The van der Waals surface area contributed by atoms with Gasteiger partial charge in [0.05, 0.1) is 0 Å². The highest BCUT2D eigenvalue weighted by atomic mass is 16.4. The Kier molecular flexibility index (Phi) is 25.1. The molecule has 0 heterocycles. The Balaban J connectivity index is 0.000000883. The van der Waals surface area contributed by atoms with Crippen molar-refractivity contribution in [1.82, 2.24) is 0 Å². The lowest BCUT2D eigenvalue weighted by molar-refractivity contribution is -0.137. The molecule has 46 heavy (non-hydrogen) atoms. The molecule has 0 aromatic rings. The molecule has 0 atom stereocenters. The lowest BCUT2D eigenvalue weighted by Crippen LogP contribution is -2.19. The Morgan fingerprint density at radius 1 is 0.739 bits per heavy atom. The second-order valence-corrected chi connectivity index (χ2v) is 12.1. The number of carbonyl (C=O) groups is 2. The third-order valence-electron chi connectivity index (χ3n) is 7.25. The molecule has 4 heteroatoms. The zero-order valence-electron chi connectivity index (χ0n) is 29.4. The van der Waals surface area contributed by atoms with Crippen LogP contribution in [0.5, 0.6) is 0 Å². The summed E-state index contributed by atoms with van der Waals surface area (Å²) >= 11 is 0. The van der Waals surface area contributed by atoms with Gasteiger partial charge in [0, 0.05) is 12.5 Å². The summed E-state index contributed by atoms with van der Waals surface area (Å²) in [5, 5.41) is 17.1. The molecule has 4 nitrogen and oxygen atoms in total. The lowest BCUT2D eigenvalue weighted by atomic mass is 9.72. The number of aliphatic carboxylic acids is 2. The molecule has 0 radical (unpaired) electrons. The van der Waals surface area contributed by atoms with E-state index in [0.717, 1.165) is 49.7 Å². The van der Waals surface area contributed by atoms with Gasteiger partial charge >= 0.3 is 11.9 Å². The van der Waals surface area contributed by atoms with Gasteiger partial charge in [-0.3, -0.25) is 4.79 Å². The monoisotopic (exact) mass is 628 g/mol. The van der Waals surface area contributed by atoms with E-state index in [0.29, 0.717) is 6.42 Å². The molecule has 0 aromatic carbocycles. The van der Waals surface area contributed by atoms with Crippen molar-refractivity contribution in [3.8, 4) is 0 Å². The quantitative estimate of drug-likeness (QED) is 0.0848.